The van der Waals surface area contributed by atoms with Crippen molar-refractivity contribution in [2.75, 3.05) is 13.2 Å². The van der Waals surface area contributed by atoms with Crippen molar-refractivity contribution in [2.24, 2.45) is 5.41 Å². The summed E-state index contributed by atoms with van der Waals surface area (Å²) in [6.07, 6.45) is 5.31. The molecule has 4 unspecified atom stereocenters. The van der Waals surface area contributed by atoms with Gasteiger partial charge in [0.1, 0.15) is 12.2 Å². The molecule has 24 heavy (non-hydrogen) atoms. The first-order valence-electron chi connectivity index (χ1n) is 8.64. The molecule has 0 aromatic rings. The van der Waals surface area contributed by atoms with E-state index in [1.807, 2.05) is 0 Å². The Bertz CT molecular complexity index is 511. The predicted octanol–water partition coefficient (Wildman–Crippen LogP) is 1.81. The van der Waals surface area contributed by atoms with E-state index in [1.54, 1.807) is 0 Å². The van der Waals surface area contributed by atoms with E-state index in [4.69, 9.17) is 24.2 Å². The SMILES string of the molecule is C=CC(=O)OC1CC2(CCC1OO)COC1(CCC3OC3C1)OC2. The minimum atomic E-state index is -0.530. The topological polar surface area (TPSA) is 86.8 Å². The second kappa shape index (κ2) is 6.07. The van der Waals surface area contributed by atoms with Crippen molar-refractivity contribution in [3.8, 4) is 0 Å². The highest BCUT2D eigenvalue weighted by molar-refractivity contribution is 5.81. The van der Waals surface area contributed by atoms with Gasteiger partial charge in [0, 0.05) is 24.3 Å². The molecule has 2 aliphatic carbocycles. The lowest BCUT2D eigenvalue weighted by atomic mass is 9.72. The van der Waals surface area contributed by atoms with E-state index in [1.165, 1.54) is 0 Å². The van der Waals surface area contributed by atoms with Gasteiger partial charge >= 0.3 is 5.97 Å². The first kappa shape index (κ1) is 16.5. The lowest BCUT2D eigenvalue weighted by Crippen LogP contribution is -2.55. The van der Waals surface area contributed by atoms with Crippen LogP contribution in [0.15, 0.2) is 12.7 Å². The van der Waals surface area contributed by atoms with Crippen LogP contribution in [0, 0.1) is 5.41 Å². The number of carbonyl (C=O) groups is 1. The molecule has 4 atom stereocenters. The Kier molecular flexibility index (Phi) is 4.17. The molecule has 134 valence electrons. The molecular formula is C17H24O7. The molecule has 2 saturated carbocycles. The molecule has 4 rings (SSSR count). The number of ether oxygens (including phenoxy) is 4. The third-order valence-electron chi connectivity index (χ3n) is 5.87. The Morgan fingerprint density at radius 2 is 1.92 bits per heavy atom. The zero-order valence-electron chi connectivity index (χ0n) is 13.6. The van der Waals surface area contributed by atoms with Crippen LogP contribution in [0.4, 0.5) is 0 Å². The fourth-order valence-corrected chi connectivity index (χ4v) is 4.29. The highest BCUT2D eigenvalue weighted by atomic mass is 17.1. The minimum Gasteiger partial charge on any atom is -0.456 e. The molecule has 2 spiro atoms. The lowest BCUT2D eigenvalue weighted by Gasteiger charge is -2.50. The Morgan fingerprint density at radius 1 is 1.12 bits per heavy atom. The molecule has 0 aromatic heterocycles. The first-order valence-corrected chi connectivity index (χ1v) is 8.64. The Balaban J connectivity index is 1.40. The van der Waals surface area contributed by atoms with Gasteiger partial charge in [-0.25, -0.2) is 9.68 Å². The van der Waals surface area contributed by atoms with Gasteiger partial charge in [0.25, 0.3) is 0 Å². The van der Waals surface area contributed by atoms with Crippen LogP contribution >= 0.6 is 0 Å². The third-order valence-corrected chi connectivity index (χ3v) is 5.87. The van der Waals surface area contributed by atoms with Crippen LogP contribution in [0.2, 0.25) is 0 Å². The van der Waals surface area contributed by atoms with Gasteiger partial charge in [0.05, 0.1) is 25.4 Å². The van der Waals surface area contributed by atoms with Crippen LogP contribution in [0.1, 0.15) is 38.5 Å². The molecule has 0 aromatic carbocycles. The van der Waals surface area contributed by atoms with Crippen molar-refractivity contribution in [1.82, 2.24) is 0 Å². The molecule has 7 heteroatoms. The predicted molar refractivity (Wildman–Crippen MR) is 81.0 cm³/mol. The van der Waals surface area contributed by atoms with Gasteiger partial charge in [-0.3, -0.25) is 5.26 Å². The summed E-state index contributed by atoms with van der Waals surface area (Å²) in [4.78, 5) is 16.0. The maximum Gasteiger partial charge on any atom is 0.330 e. The lowest BCUT2D eigenvalue weighted by molar-refractivity contribution is -0.339. The van der Waals surface area contributed by atoms with E-state index < -0.39 is 24.0 Å². The molecule has 0 amide bonds. The number of hydrogen-bond donors (Lipinski definition) is 1. The normalized spacial score (nSPS) is 47.2. The van der Waals surface area contributed by atoms with Gasteiger partial charge in [-0.2, -0.15) is 0 Å². The summed E-state index contributed by atoms with van der Waals surface area (Å²) >= 11 is 0. The molecule has 2 aliphatic heterocycles. The average Bonchev–Trinajstić information content (AvgIpc) is 3.37. The summed E-state index contributed by atoms with van der Waals surface area (Å²) in [5.41, 5.74) is -0.215. The van der Waals surface area contributed by atoms with E-state index in [0.29, 0.717) is 32.2 Å². The second-order valence-corrected chi connectivity index (χ2v) is 7.51. The van der Waals surface area contributed by atoms with Crippen molar-refractivity contribution in [1.29, 1.82) is 0 Å². The molecule has 0 bridgehead atoms. The fourth-order valence-electron chi connectivity index (χ4n) is 4.29. The Morgan fingerprint density at radius 3 is 2.58 bits per heavy atom. The summed E-state index contributed by atoms with van der Waals surface area (Å²) in [6.45, 7) is 4.53. The van der Waals surface area contributed by atoms with Crippen molar-refractivity contribution in [3.05, 3.63) is 12.7 Å². The zero-order chi connectivity index (χ0) is 16.8. The summed E-state index contributed by atoms with van der Waals surface area (Å²) in [7, 11) is 0. The van der Waals surface area contributed by atoms with E-state index in [-0.39, 0.29) is 11.5 Å². The third kappa shape index (κ3) is 2.99. The van der Waals surface area contributed by atoms with Crippen LogP contribution in [0.25, 0.3) is 0 Å². The van der Waals surface area contributed by atoms with Crippen molar-refractivity contribution >= 4 is 5.97 Å². The average molecular weight is 340 g/mol. The van der Waals surface area contributed by atoms with E-state index in [9.17, 15) is 4.79 Å². The van der Waals surface area contributed by atoms with Crippen molar-refractivity contribution in [2.45, 2.75) is 68.7 Å². The van der Waals surface area contributed by atoms with Crippen LogP contribution < -0.4 is 0 Å². The van der Waals surface area contributed by atoms with E-state index in [2.05, 4.69) is 11.5 Å². The summed E-state index contributed by atoms with van der Waals surface area (Å²) in [5, 5.41) is 9.07. The second-order valence-electron chi connectivity index (χ2n) is 7.51. The monoisotopic (exact) mass is 340 g/mol. The molecular weight excluding hydrogens is 316 g/mol. The molecule has 4 fully saturated rings. The highest BCUT2D eigenvalue weighted by Crippen LogP contribution is 2.50. The molecule has 1 N–H and O–H groups in total. The Hall–Kier alpha value is -0.990. The number of hydrogen-bond acceptors (Lipinski definition) is 7. The highest BCUT2D eigenvalue weighted by Gasteiger charge is 2.56. The minimum absolute atomic E-state index is 0.215. The van der Waals surface area contributed by atoms with Crippen LogP contribution in [-0.2, 0) is 28.6 Å². The fraction of sp³-hybridized carbons (Fsp3) is 0.824. The van der Waals surface area contributed by atoms with Gasteiger partial charge in [0.2, 0.25) is 0 Å². The van der Waals surface area contributed by atoms with Gasteiger partial charge in [-0.05, 0) is 25.7 Å². The quantitative estimate of drug-likeness (QED) is 0.276. The zero-order valence-corrected chi connectivity index (χ0v) is 13.6. The van der Waals surface area contributed by atoms with Crippen LogP contribution in [0.5, 0.6) is 0 Å². The molecule has 4 aliphatic rings. The number of esters is 1. The van der Waals surface area contributed by atoms with Gasteiger partial charge in [0.15, 0.2) is 5.79 Å². The summed E-state index contributed by atoms with van der Waals surface area (Å²) in [5.74, 6) is -1.03. The smallest absolute Gasteiger partial charge is 0.330 e. The first-order chi connectivity index (χ1) is 11.6. The maximum atomic E-state index is 11.5. The van der Waals surface area contributed by atoms with Crippen molar-refractivity contribution < 1.29 is 33.9 Å². The molecule has 2 heterocycles. The molecule has 7 nitrogen and oxygen atoms in total. The van der Waals surface area contributed by atoms with E-state index in [0.717, 1.165) is 31.8 Å². The number of fused-ring (bicyclic) bond motifs is 1. The van der Waals surface area contributed by atoms with Crippen molar-refractivity contribution in [3.63, 3.8) is 0 Å². The standard InChI is InChI=1S/C17H24O7/c1-2-15(18)23-13-7-16(5-3-12(13)24-19)9-20-17(21-10-16)6-4-11-14(8-17)22-11/h2,11-14,19H,1,3-10H2. The maximum absolute atomic E-state index is 11.5. The van der Waals surface area contributed by atoms with Crippen LogP contribution in [0.3, 0.4) is 0 Å². The number of carbonyl (C=O) groups excluding carboxylic acids is 1. The van der Waals surface area contributed by atoms with E-state index >= 15 is 0 Å². The van der Waals surface area contributed by atoms with Gasteiger partial charge < -0.3 is 18.9 Å². The Labute approximate surface area is 140 Å². The van der Waals surface area contributed by atoms with Gasteiger partial charge in [-0.1, -0.05) is 6.58 Å². The van der Waals surface area contributed by atoms with Gasteiger partial charge in [-0.15, -0.1) is 0 Å². The summed E-state index contributed by atoms with van der Waals surface area (Å²) in [6, 6.07) is 0. The molecule has 0 radical (unpaired) electrons. The largest absolute Gasteiger partial charge is 0.456 e. The van der Waals surface area contributed by atoms with Crippen LogP contribution in [-0.4, -0.2) is 54.6 Å². The number of rotatable bonds is 3. The number of epoxide rings is 1. The molecule has 2 saturated heterocycles. The summed E-state index contributed by atoms with van der Waals surface area (Å²) < 4.78 is 23.3.